The summed E-state index contributed by atoms with van der Waals surface area (Å²) in [5, 5.41) is 3.86. The van der Waals surface area contributed by atoms with Gasteiger partial charge in [-0.05, 0) is 54.7 Å². The van der Waals surface area contributed by atoms with Gasteiger partial charge >= 0.3 is 0 Å². The number of aryl methyl sites for hydroxylation is 1. The van der Waals surface area contributed by atoms with E-state index in [4.69, 9.17) is 11.6 Å². The van der Waals surface area contributed by atoms with Crippen molar-refractivity contribution in [3.05, 3.63) is 40.9 Å². The molecule has 4 aliphatic carbocycles. The van der Waals surface area contributed by atoms with Crippen LogP contribution in [0.3, 0.4) is 0 Å². The van der Waals surface area contributed by atoms with E-state index in [0.29, 0.717) is 16.9 Å². The van der Waals surface area contributed by atoms with Gasteiger partial charge in [0, 0.05) is 10.7 Å². The Balaban J connectivity index is 1.38. The van der Waals surface area contributed by atoms with Gasteiger partial charge in [-0.15, -0.1) is 0 Å². The predicted molar refractivity (Wildman–Crippen MR) is 91.2 cm³/mol. The molecule has 1 aromatic rings. The highest BCUT2D eigenvalue weighted by molar-refractivity contribution is 6.30. The third kappa shape index (κ3) is 1.86. The van der Waals surface area contributed by atoms with Gasteiger partial charge in [-0.2, -0.15) is 0 Å². The molecule has 2 amide bonds. The summed E-state index contributed by atoms with van der Waals surface area (Å²) in [6, 6.07) is 5.59. The number of carbonyl (C=O) groups excluding carboxylic acids is 2. The summed E-state index contributed by atoms with van der Waals surface area (Å²) < 4.78 is 0. The fourth-order valence-electron chi connectivity index (χ4n) is 5.12. The molecule has 1 saturated heterocycles. The van der Waals surface area contributed by atoms with E-state index in [9.17, 15) is 9.59 Å². The van der Waals surface area contributed by atoms with Gasteiger partial charge in [0.2, 0.25) is 11.8 Å². The van der Waals surface area contributed by atoms with E-state index in [1.165, 1.54) is 11.3 Å². The molecular formula is C19H19ClN2O2. The molecule has 24 heavy (non-hydrogen) atoms. The van der Waals surface area contributed by atoms with E-state index in [1.54, 1.807) is 0 Å². The van der Waals surface area contributed by atoms with Crippen molar-refractivity contribution in [2.75, 3.05) is 12.0 Å². The summed E-state index contributed by atoms with van der Waals surface area (Å²) in [6.45, 7) is 2.20. The molecule has 0 unspecified atom stereocenters. The van der Waals surface area contributed by atoms with E-state index in [1.807, 2.05) is 25.1 Å². The maximum Gasteiger partial charge on any atom is 0.235 e. The number of benzene rings is 1. The lowest BCUT2D eigenvalue weighted by Crippen LogP contribution is -2.40. The highest BCUT2D eigenvalue weighted by Gasteiger charge is 2.66. The molecule has 0 spiro atoms. The SMILES string of the molecule is Cc1ccc(Cl)cc1NCN1C(=O)[C@H]2[C@@H]3C=C[C@H]([C@@H]4C[C@H]34)[C@@H]2C1=O. The molecule has 0 radical (unpaired) electrons. The van der Waals surface area contributed by atoms with Crippen molar-refractivity contribution in [1.82, 2.24) is 4.90 Å². The molecule has 1 heterocycles. The van der Waals surface area contributed by atoms with Crippen LogP contribution in [0, 0.1) is 42.4 Å². The zero-order chi connectivity index (χ0) is 16.6. The van der Waals surface area contributed by atoms with E-state index >= 15 is 0 Å². The molecule has 5 heteroatoms. The van der Waals surface area contributed by atoms with Crippen LogP contribution < -0.4 is 5.32 Å². The number of likely N-dealkylation sites (tertiary alicyclic amines) is 1. The first kappa shape index (κ1) is 14.5. The van der Waals surface area contributed by atoms with E-state index < -0.39 is 0 Å². The first-order valence-corrected chi connectivity index (χ1v) is 8.97. The molecule has 2 saturated carbocycles. The molecule has 124 valence electrons. The smallest absolute Gasteiger partial charge is 0.235 e. The van der Waals surface area contributed by atoms with E-state index in [0.717, 1.165) is 11.3 Å². The van der Waals surface area contributed by atoms with Crippen molar-refractivity contribution in [1.29, 1.82) is 0 Å². The third-order valence-corrected chi connectivity index (χ3v) is 6.62. The summed E-state index contributed by atoms with van der Waals surface area (Å²) in [7, 11) is 0. The maximum atomic E-state index is 12.9. The first-order chi connectivity index (χ1) is 11.6. The highest BCUT2D eigenvalue weighted by atomic mass is 35.5. The number of imide groups is 1. The lowest BCUT2D eigenvalue weighted by molar-refractivity contribution is -0.139. The fourth-order valence-corrected chi connectivity index (χ4v) is 5.30. The van der Waals surface area contributed by atoms with Crippen LogP contribution in [-0.4, -0.2) is 23.4 Å². The minimum absolute atomic E-state index is 0.00174. The summed E-state index contributed by atoms with van der Waals surface area (Å²) in [4.78, 5) is 27.2. The molecule has 6 atom stereocenters. The van der Waals surface area contributed by atoms with Crippen LogP contribution in [0.5, 0.6) is 0 Å². The Hall–Kier alpha value is -1.81. The molecule has 6 rings (SSSR count). The fraction of sp³-hybridized carbons (Fsp3) is 0.474. The number of halogens is 1. The Kier molecular flexibility index (Phi) is 2.94. The third-order valence-electron chi connectivity index (χ3n) is 6.38. The van der Waals surface area contributed by atoms with Crippen molar-refractivity contribution in [2.24, 2.45) is 35.5 Å². The summed E-state index contributed by atoms with van der Waals surface area (Å²) in [5.41, 5.74) is 1.90. The number of nitrogens with one attached hydrogen (secondary N) is 1. The second kappa shape index (κ2) is 4.85. The zero-order valence-corrected chi connectivity index (χ0v) is 14.2. The molecule has 3 fully saturated rings. The second-order valence-electron chi connectivity index (χ2n) is 7.55. The zero-order valence-electron chi connectivity index (χ0n) is 13.4. The Morgan fingerprint density at radius 3 is 2.38 bits per heavy atom. The Labute approximate surface area is 145 Å². The van der Waals surface area contributed by atoms with E-state index in [-0.39, 0.29) is 42.2 Å². The summed E-state index contributed by atoms with van der Waals surface area (Å²) >= 11 is 6.04. The largest absolute Gasteiger partial charge is 0.367 e. The van der Waals surface area contributed by atoms with Crippen LogP contribution in [0.25, 0.3) is 0 Å². The van der Waals surface area contributed by atoms with Crippen LogP contribution in [0.1, 0.15) is 12.0 Å². The number of amides is 2. The topological polar surface area (TPSA) is 49.4 Å². The van der Waals surface area contributed by atoms with Crippen LogP contribution in [0.2, 0.25) is 5.02 Å². The molecule has 4 nitrogen and oxygen atoms in total. The van der Waals surface area contributed by atoms with Crippen molar-refractivity contribution >= 4 is 29.1 Å². The van der Waals surface area contributed by atoms with Gasteiger partial charge in [0.05, 0.1) is 18.5 Å². The van der Waals surface area contributed by atoms with Crippen LogP contribution in [0.4, 0.5) is 5.69 Å². The normalized spacial score (nSPS) is 38.3. The number of carbonyl (C=O) groups is 2. The predicted octanol–water partition coefficient (Wildman–Crippen LogP) is 3.07. The number of hydrogen-bond donors (Lipinski definition) is 1. The number of rotatable bonds is 3. The Morgan fingerprint density at radius 1 is 1.12 bits per heavy atom. The van der Waals surface area contributed by atoms with Gasteiger partial charge < -0.3 is 5.32 Å². The molecule has 5 aliphatic rings. The molecule has 2 bridgehead atoms. The molecule has 1 aromatic carbocycles. The summed E-state index contributed by atoms with van der Waals surface area (Å²) in [6.07, 6.45) is 5.59. The number of hydrogen-bond acceptors (Lipinski definition) is 3. The summed E-state index contributed by atoms with van der Waals surface area (Å²) in [5.74, 6) is 1.58. The van der Waals surface area contributed by atoms with Crippen molar-refractivity contribution in [3.63, 3.8) is 0 Å². The number of anilines is 1. The van der Waals surface area contributed by atoms with Gasteiger partial charge in [0.15, 0.2) is 0 Å². The van der Waals surface area contributed by atoms with Gasteiger partial charge in [0.25, 0.3) is 0 Å². The monoisotopic (exact) mass is 342 g/mol. The average molecular weight is 343 g/mol. The van der Waals surface area contributed by atoms with Crippen molar-refractivity contribution in [2.45, 2.75) is 13.3 Å². The maximum absolute atomic E-state index is 12.9. The van der Waals surface area contributed by atoms with Crippen LogP contribution >= 0.6 is 11.6 Å². The van der Waals surface area contributed by atoms with Gasteiger partial charge in [-0.3, -0.25) is 14.5 Å². The Morgan fingerprint density at radius 2 is 1.75 bits per heavy atom. The molecular weight excluding hydrogens is 324 g/mol. The minimum Gasteiger partial charge on any atom is -0.367 e. The first-order valence-electron chi connectivity index (χ1n) is 8.60. The van der Waals surface area contributed by atoms with Crippen LogP contribution in [-0.2, 0) is 9.59 Å². The quantitative estimate of drug-likeness (QED) is 0.678. The highest BCUT2D eigenvalue weighted by Crippen LogP contribution is 2.65. The average Bonchev–Trinajstić information content (AvgIpc) is 3.35. The minimum atomic E-state index is -0.126. The van der Waals surface area contributed by atoms with Crippen molar-refractivity contribution < 1.29 is 9.59 Å². The second-order valence-corrected chi connectivity index (χ2v) is 7.99. The molecule has 0 aromatic heterocycles. The van der Waals surface area contributed by atoms with Gasteiger partial charge in [-0.1, -0.05) is 29.8 Å². The van der Waals surface area contributed by atoms with E-state index in [2.05, 4.69) is 17.5 Å². The molecule has 1 aliphatic heterocycles. The Bertz CT molecular complexity index is 754. The number of nitrogens with zero attached hydrogens (tertiary/aromatic N) is 1. The lowest BCUT2D eigenvalue weighted by atomic mass is 9.63. The van der Waals surface area contributed by atoms with Crippen LogP contribution in [0.15, 0.2) is 30.4 Å². The lowest BCUT2D eigenvalue weighted by Gasteiger charge is -2.37. The van der Waals surface area contributed by atoms with Crippen molar-refractivity contribution in [3.8, 4) is 0 Å². The van der Waals surface area contributed by atoms with Gasteiger partial charge in [0.1, 0.15) is 0 Å². The van der Waals surface area contributed by atoms with Gasteiger partial charge in [-0.25, -0.2) is 0 Å². The molecule has 1 N–H and O–H groups in total. The number of allylic oxidation sites excluding steroid dienone is 2. The standard InChI is InChI=1S/C19H19ClN2O2/c1-9-2-3-10(20)6-15(9)21-8-22-18(23)16-11-4-5-12(14-7-13(11)14)17(16)19(22)24/h2-6,11-14,16-17,21H,7-8H2,1H3/t11-,12-,13-,14+,16+,17+/m1/s1.